The predicted octanol–water partition coefficient (Wildman–Crippen LogP) is 3.62. The average molecular weight is 278 g/mol. The van der Waals surface area contributed by atoms with E-state index in [4.69, 9.17) is 5.73 Å². The highest BCUT2D eigenvalue weighted by Crippen LogP contribution is 2.37. The maximum absolute atomic E-state index is 6.27. The first-order valence-electron chi connectivity index (χ1n) is 7.81. The van der Waals surface area contributed by atoms with Crippen molar-refractivity contribution >= 4 is 11.5 Å². The summed E-state index contributed by atoms with van der Waals surface area (Å²) in [4.78, 5) is 2.43. The first-order valence-corrected chi connectivity index (χ1v) is 7.81. The molecule has 1 fully saturated rings. The molecule has 2 N–H and O–H groups in total. The van der Waals surface area contributed by atoms with E-state index in [1.807, 2.05) is 6.92 Å². The van der Waals surface area contributed by atoms with Gasteiger partial charge in [0.2, 0.25) is 0 Å². The minimum Gasteiger partial charge on any atom is -0.394 e. The van der Waals surface area contributed by atoms with E-state index in [1.54, 1.807) is 0 Å². The number of rotatable bonds is 2. The van der Waals surface area contributed by atoms with E-state index in [1.165, 1.54) is 12.8 Å². The Labute approximate surface area is 123 Å². The van der Waals surface area contributed by atoms with E-state index in [0.29, 0.717) is 11.5 Å². The molecule has 1 aromatic heterocycles. The van der Waals surface area contributed by atoms with Gasteiger partial charge in [0.25, 0.3) is 0 Å². The second-order valence-corrected chi connectivity index (χ2v) is 7.49. The van der Waals surface area contributed by atoms with E-state index in [0.717, 1.165) is 36.2 Å². The van der Waals surface area contributed by atoms with Crippen LogP contribution in [0.1, 0.15) is 59.2 Å². The standard InChI is InChI=1S/C16H30N4/c1-11(2)20-15(14(17)12(3)18-20)19-9-7-13(8-10-19)16(4,5)6/h11,13H,7-10,17H2,1-6H3. The zero-order valence-electron chi connectivity index (χ0n) is 13.9. The summed E-state index contributed by atoms with van der Waals surface area (Å²) in [5.41, 5.74) is 8.48. The predicted molar refractivity (Wildman–Crippen MR) is 86.2 cm³/mol. The van der Waals surface area contributed by atoms with Crippen molar-refractivity contribution in [1.29, 1.82) is 0 Å². The third-order valence-corrected chi connectivity index (χ3v) is 4.61. The Kier molecular flexibility index (Phi) is 4.03. The number of hydrogen-bond acceptors (Lipinski definition) is 3. The fourth-order valence-corrected chi connectivity index (χ4v) is 3.18. The van der Waals surface area contributed by atoms with Gasteiger partial charge in [0.15, 0.2) is 5.82 Å². The number of nitrogens with zero attached hydrogens (tertiary/aromatic N) is 3. The van der Waals surface area contributed by atoms with Crippen molar-refractivity contribution in [1.82, 2.24) is 9.78 Å². The molecule has 114 valence electrons. The molecule has 2 rings (SSSR count). The highest BCUT2D eigenvalue weighted by Gasteiger charge is 2.31. The first kappa shape index (κ1) is 15.2. The first-order chi connectivity index (χ1) is 9.21. The molecule has 0 aromatic carbocycles. The minimum atomic E-state index is 0.348. The fraction of sp³-hybridized carbons (Fsp3) is 0.812. The second-order valence-electron chi connectivity index (χ2n) is 7.49. The molecular weight excluding hydrogens is 248 g/mol. The Hall–Kier alpha value is -1.19. The van der Waals surface area contributed by atoms with Crippen LogP contribution in [-0.4, -0.2) is 22.9 Å². The van der Waals surface area contributed by atoms with Crippen LogP contribution in [0.2, 0.25) is 0 Å². The molecule has 1 aliphatic rings. The summed E-state index contributed by atoms with van der Waals surface area (Å²) in [6.07, 6.45) is 2.48. The Morgan fingerprint density at radius 2 is 1.75 bits per heavy atom. The summed E-state index contributed by atoms with van der Waals surface area (Å²) < 4.78 is 2.09. The summed E-state index contributed by atoms with van der Waals surface area (Å²) in [6.45, 7) is 15.6. The van der Waals surface area contributed by atoms with Crippen LogP contribution in [-0.2, 0) is 0 Å². The highest BCUT2D eigenvalue weighted by atomic mass is 15.4. The van der Waals surface area contributed by atoms with Gasteiger partial charge in [0.1, 0.15) is 0 Å². The molecule has 0 amide bonds. The zero-order chi connectivity index (χ0) is 15.1. The van der Waals surface area contributed by atoms with Crippen molar-refractivity contribution in [3.63, 3.8) is 0 Å². The van der Waals surface area contributed by atoms with Crippen LogP contribution in [0.15, 0.2) is 0 Å². The summed E-state index contributed by atoms with van der Waals surface area (Å²) in [5, 5.41) is 4.60. The lowest BCUT2D eigenvalue weighted by molar-refractivity contribution is 0.198. The maximum atomic E-state index is 6.27. The molecular formula is C16H30N4. The van der Waals surface area contributed by atoms with Crippen molar-refractivity contribution in [3.8, 4) is 0 Å². The van der Waals surface area contributed by atoms with Crippen LogP contribution in [0.25, 0.3) is 0 Å². The monoisotopic (exact) mass is 278 g/mol. The molecule has 0 atom stereocenters. The van der Waals surface area contributed by atoms with Gasteiger partial charge in [-0.1, -0.05) is 20.8 Å². The molecule has 0 radical (unpaired) electrons. The molecule has 20 heavy (non-hydrogen) atoms. The van der Waals surface area contributed by atoms with Gasteiger partial charge >= 0.3 is 0 Å². The topological polar surface area (TPSA) is 47.1 Å². The molecule has 0 bridgehead atoms. The quantitative estimate of drug-likeness (QED) is 0.899. The second kappa shape index (κ2) is 5.30. The molecule has 1 saturated heterocycles. The molecule has 0 spiro atoms. The highest BCUT2D eigenvalue weighted by molar-refractivity contribution is 5.66. The molecule has 2 heterocycles. The van der Waals surface area contributed by atoms with E-state index in [2.05, 4.69) is 49.3 Å². The van der Waals surface area contributed by atoms with Gasteiger partial charge in [0.05, 0.1) is 11.4 Å². The van der Waals surface area contributed by atoms with Crippen LogP contribution in [0.5, 0.6) is 0 Å². The van der Waals surface area contributed by atoms with Gasteiger partial charge in [-0.25, -0.2) is 4.68 Å². The number of piperidine rings is 1. The maximum Gasteiger partial charge on any atom is 0.150 e. The number of aryl methyl sites for hydroxylation is 1. The van der Waals surface area contributed by atoms with E-state index in [-0.39, 0.29) is 0 Å². The van der Waals surface area contributed by atoms with Gasteiger partial charge in [-0.2, -0.15) is 5.10 Å². The van der Waals surface area contributed by atoms with Gasteiger partial charge in [-0.3, -0.25) is 0 Å². The molecule has 0 unspecified atom stereocenters. The zero-order valence-corrected chi connectivity index (χ0v) is 13.9. The largest absolute Gasteiger partial charge is 0.394 e. The molecule has 0 saturated carbocycles. The lowest BCUT2D eigenvalue weighted by Gasteiger charge is -2.40. The van der Waals surface area contributed by atoms with Gasteiger partial charge in [-0.15, -0.1) is 0 Å². The van der Waals surface area contributed by atoms with Gasteiger partial charge in [0, 0.05) is 19.1 Å². The van der Waals surface area contributed by atoms with Crippen LogP contribution in [0, 0.1) is 18.3 Å². The Bertz CT molecular complexity index is 460. The van der Waals surface area contributed by atoms with Crippen LogP contribution in [0.3, 0.4) is 0 Å². The lowest BCUT2D eigenvalue weighted by atomic mass is 9.75. The van der Waals surface area contributed by atoms with Crippen molar-refractivity contribution in [2.45, 2.75) is 60.4 Å². The SMILES string of the molecule is Cc1nn(C(C)C)c(N2CCC(C(C)(C)C)CC2)c1N. The van der Waals surface area contributed by atoms with E-state index in [9.17, 15) is 0 Å². The van der Waals surface area contributed by atoms with E-state index < -0.39 is 0 Å². The molecule has 1 aromatic rings. The van der Waals surface area contributed by atoms with Crippen molar-refractivity contribution < 1.29 is 0 Å². The molecule has 0 aliphatic carbocycles. The normalized spacial score (nSPS) is 18.1. The Balaban J connectivity index is 2.19. The Morgan fingerprint density at radius 1 is 1.20 bits per heavy atom. The third kappa shape index (κ3) is 2.79. The molecule has 1 aliphatic heterocycles. The number of aromatic nitrogens is 2. The van der Waals surface area contributed by atoms with Crippen LogP contribution in [0.4, 0.5) is 11.5 Å². The lowest BCUT2D eigenvalue weighted by Crippen LogP contribution is -2.39. The van der Waals surface area contributed by atoms with Crippen molar-refractivity contribution in [2.75, 3.05) is 23.7 Å². The van der Waals surface area contributed by atoms with Gasteiger partial charge in [-0.05, 0) is 44.9 Å². The third-order valence-electron chi connectivity index (χ3n) is 4.61. The number of anilines is 2. The number of hydrogen-bond donors (Lipinski definition) is 1. The number of nitrogens with two attached hydrogens (primary N) is 1. The summed E-state index contributed by atoms with van der Waals surface area (Å²) >= 11 is 0. The van der Waals surface area contributed by atoms with Crippen molar-refractivity contribution in [3.05, 3.63) is 5.69 Å². The summed E-state index contributed by atoms with van der Waals surface area (Å²) in [6, 6.07) is 0.348. The summed E-state index contributed by atoms with van der Waals surface area (Å²) in [5.74, 6) is 1.93. The Morgan fingerprint density at radius 3 is 2.20 bits per heavy atom. The fourth-order valence-electron chi connectivity index (χ4n) is 3.18. The summed E-state index contributed by atoms with van der Waals surface area (Å²) in [7, 11) is 0. The average Bonchev–Trinajstić information content (AvgIpc) is 2.65. The smallest absolute Gasteiger partial charge is 0.150 e. The van der Waals surface area contributed by atoms with E-state index >= 15 is 0 Å². The molecule has 4 heteroatoms. The van der Waals surface area contributed by atoms with Crippen LogP contribution < -0.4 is 10.6 Å². The van der Waals surface area contributed by atoms with Crippen molar-refractivity contribution in [2.24, 2.45) is 11.3 Å². The molecule has 4 nitrogen and oxygen atoms in total. The van der Waals surface area contributed by atoms with Crippen LogP contribution >= 0.6 is 0 Å². The minimum absolute atomic E-state index is 0.348. The number of nitrogen functional groups attached to an aromatic ring is 1. The van der Waals surface area contributed by atoms with Gasteiger partial charge < -0.3 is 10.6 Å².